The Morgan fingerprint density at radius 1 is 1.00 bits per heavy atom. The van der Waals surface area contributed by atoms with E-state index in [0.29, 0.717) is 25.5 Å². The Morgan fingerprint density at radius 2 is 1.71 bits per heavy atom. The van der Waals surface area contributed by atoms with Crippen molar-refractivity contribution in [3.05, 3.63) is 23.8 Å². The molecule has 2 saturated heterocycles. The van der Waals surface area contributed by atoms with Crippen LogP contribution in [0, 0.1) is 12.8 Å². The van der Waals surface area contributed by atoms with Gasteiger partial charge in [-0.25, -0.2) is 4.79 Å². The summed E-state index contributed by atoms with van der Waals surface area (Å²) < 4.78 is 5.91. The number of hydrogen-bond donors (Lipinski definition) is 0. The minimum atomic E-state index is -0.0302. The standard InChI is InChI=1S/C22H31N3O3/c1-16-6-7-20-19(14-16)25(15-17(2)28-20)22(27)24-12-8-18(9-13-24)21(26)23-10-4-3-5-11-23/h6-7,14,17-18H,3-5,8-13,15H2,1-2H3/t17-/m0/s1. The summed E-state index contributed by atoms with van der Waals surface area (Å²) in [6.07, 6.45) is 4.98. The number of carbonyl (C=O) groups excluding carboxylic acids is 2. The summed E-state index contributed by atoms with van der Waals surface area (Å²) in [5.41, 5.74) is 1.97. The molecule has 0 spiro atoms. The van der Waals surface area contributed by atoms with Crippen molar-refractivity contribution in [2.45, 2.75) is 52.1 Å². The number of amides is 3. The summed E-state index contributed by atoms with van der Waals surface area (Å²) >= 11 is 0. The Labute approximate surface area is 167 Å². The van der Waals surface area contributed by atoms with E-state index in [2.05, 4.69) is 0 Å². The molecule has 1 aromatic rings. The molecule has 6 heteroatoms. The van der Waals surface area contributed by atoms with Gasteiger partial charge in [0, 0.05) is 32.1 Å². The van der Waals surface area contributed by atoms with Crippen LogP contribution in [0.25, 0.3) is 0 Å². The molecule has 0 radical (unpaired) electrons. The average molecular weight is 386 g/mol. The SMILES string of the molecule is Cc1ccc2c(c1)N(C(=O)N1CCC(C(=O)N3CCCCC3)CC1)C[C@H](C)O2. The molecule has 0 aromatic heterocycles. The molecule has 4 rings (SSSR count). The summed E-state index contributed by atoms with van der Waals surface area (Å²) in [5, 5.41) is 0. The summed E-state index contributed by atoms with van der Waals surface area (Å²) in [6, 6.07) is 6.01. The molecule has 2 fully saturated rings. The maximum Gasteiger partial charge on any atom is 0.324 e. The van der Waals surface area contributed by atoms with Crippen molar-refractivity contribution in [3.8, 4) is 5.75 Å². The van der Waals surface area contributed by atoms with Crippen molar-refractivity contribution in [2.24, 2.45) is 5.92 Å². The van der Waals surface area contributed by atoms with Gasteiger partial charge in [0.15, 0.2) is 0 Å². The number of carbonyl (C=O) groups is 2. The van der Waals surface area contributed by atoms with E-state index in [1.807, 2.05) is 46.7 Å². The zero-order valence-corrected chi connectivity index (χ0v) is 17.0. The Morgan fingerprint density at radius 3 is 2.43 bits per heavy atom. The molecule has 152 valence electrons. The monoisotopic (exact) mass is 385 g/mol. The molecule has 0 unspecified atom stereocenters. The van der Waals surface area contributed by atoms with Crippen molar-refractivity contribution >= 4 is 17.6 Å². The number of rotatable bonds is 1. The minimum absolute atomic E-state index is 0.0302. The van der Waals surface area contributed by atoms with Crippen molar-refractivity contribution in [3.63, 3.8) is 0 Å². The molecule has 6 nitrogen and oxygen atoms in total. The van der Waals surface area contributed by atoms with Gasteiger partial charge < -0.3 is 14.5 Å². The summed E-state index contributed by atoms with van der Waals surface area (Å²) in [5.74, 6) is 1.14. The number of anilines is 1. The molecule has 0 saturated carbocycles. The highest BCUT2D eigenvalue weighted by molar-refractivity contribution is 5.94. The lowest BCUT2D eigenvalue weighted by Crippen LogP contribution is -2.52. The molecule has 0 aliphatic carbocycles. The molecule has 28 heavy (non-hydrogen) atoms. The van der Waals surface area contributed by atoms with Crippen LogP contribution in [0.1, 0.15) is 44.6 Å². The van der Waals surface area contributed by atoms with Crippen LogP contribution in [0.15, 0.2) is 18.2 Å². The van der Waals surface area contributed by atoms with Gasteiger partial charge in [0.05, 0.1) is 12.2 Å². The van der Waals surface area contributed by atoms with Crippen LogP contribution in [0.4, 0.5) is 10.5 Å². The number of hydrogen-bond acceptors (Lipinski definition) is 3. The van der Waals surface area contributed by atoms with Crippen LogP contribution >= 0.6 is 0 Å². The van der Waals surface area contributed by atoms with Gasteiger partial charge >= 0.3 is 6.03 Å². The lowest BCUT2D eigenvalue weighted by atomic mass is 9.94. The van der Waals surface area contributed by atoms with E-state index < -0.39 is 0 Å². The molecule has 3 aliphatic rings. The smallest absolute Gasteiger partial charge is 0.324 e. The Kier molecular flexibility index (Phi) is 5.47. The van der Waals surface area contributed by atoms with E-state index in [1.165, 1.54) is 6.42 Å². The molecular weight excluding hydrogens is 354 g/mol. The molecular formula is C22H31N3O3. The zero-order valence-electron chi connectivity index (χ0n) is 17.0. The normalized spacial score (nSPS) is 23.2. The van der Waals surface area contributed by atoms with Gasteiger partial charge in [-0.3, -0.25) is 9.69 Å². The molecule has 3 aliphatic heterocycles. The van der Waals surface area contributed by atoms with E-state index >= 15 is 0 Å². The van der Waals surface area contributed by atoms with Gasteiger partial charge in [-0.15, -0.1) is 0 Å². The van der Waals surface area contributed by atoms with E-state index in [1.54, 1.807) is 0 Å². The predicted molar refractivity (Wildman–Crippen MR) is 109 cm³/mol. The molecule has 3 heterocycles. The summed E-state index contributed by atoms with van der Waals surface area (Å²) in [6.45, 7) is 7.68. The van der Waals surface area contributed by atoms with Crippen LogP contribution in [0.5, 0.6) is 5.75 Å². The fraction of sp³-hybridized carbons (Fsp3) is 0.636. The summed E-state index contributed by atoms with van der Waals surface area (Å²) in [4.78, 5) is 31.8. The average Bonchev–Trinajstić information content (AvgIpc) is 2.73. The number of fused-ring (bicyclic) bond motifs is 1. The predicted octanol–water partition coefficient (Wildman–Crippen LogP) is 3.43. The van der Waals surface area contributed by atoms with Gasteiger partial charge in [0.1, 0.15) is 11.9 Å². The van der Waals surface area contributed by atoms with Crippen LogP contribution in [-0.4, -0.2) is 60.6 Å². The second-order valence-corrected chi connectivity index (χ2v) is 8.44. The van der Waals surface area contributed by atoms with E-state index in [4.69, 9.17) is 4.74 Å². The number of piperidine rings is 2. The quantitative estimate of drug-likeness (QED) is 0.744. The highest BCUT2D eigenvalue weighted by Gasteiger charge is 2.35. The van der Waals surface area contributed by atoms with Gasteiger partial charge in [-0.2, -0.15) is 0 Å². The molecule has 1 atom stereocenters. The van der Waals surface area contributed by atoms with E-state index in [0.717, 1.165) is 55.8 Å². The number of ether oxygens (including phenoxy) is 1. The number of likely N-dealkylation sites (tertiary alicyclic amines) is 2. The van der Waals surface area contributed by atoms with E-state index in [-0.39, 0.29) is 18.1 Å². The topological polar surface area (TPSA) is 53.1 Å². The number of urea groups is 1. The fourth-order valence-electron chi connectivity index (χ4n) is 4.59. The maximum atomic E-state index is 13.3. The Balaban J connectivity index is 1.40. The van der Waals surface area contributed by atoms with Crippen molar-refractivity contribution < 1.29 is 14.3 Å². The van der Waals surface area contributed by atoms with Crippen molar-refractivity contribution in [1.82, 2.24) is 9.80 Å². The van der Waals surface area contributed by atoms with E-state index in [9.17, 15) is 9.59 Å². The van der Waals surface area contributed by atoms with Crippen LogP contribution in [0.3, 0.4) is 0 Å². The van der Waals surface area contributed by atoms with Crippen LogP contribution in [-0.2, 0) is 4.79 Å². The number of nitrogens with zero attached hydrogens (tertiary/aromatic N) is 3. The first kappa shape index (κ1) is 19.1. The van der Waals surface area contributed by atoms with Crippen LogP contribution < -0.4 is 9.64 Å². The van der Waals surface area contributed by atoms with Gasteiger partial charge in [0.2, 0.25) is 5.91 Å². The first-order valence-corrected chi connectivity index (χ1v) is 10.7. The second kappa shape index (κ2) is 8.02. The Hall–Kier alpha value is -2.24. The minimum Gasteiger partial charge on any atom is -0.487 e. The first-order valence-electron chi connectivity index (χ1n) is 10.7. The lowest BCUT2D eigenvalue weighted by Gasteiger charge is -2.40. The highest BCUT2D eigenvalue weighted by Crippen LogP contribution is 2.35. The highest BCUT2D eigenvalue weighted by atomic mass is 16.5. The van der Waals surface area contributed by atoms with Gasteiger partial charge in [-0.05, 0) is 63.6 Å². The van der Waals surface area contributed by atoms with Crippen molar-refractivity contribution in [1.29, 1.82) is 0 Å². The maximum absolute atomic E-state index is 13.3. The van der Waals surface area contributed by atoms with Gasteiger partial charge in [-0.1, -0.05) is 6.07 Å². The Bertz CT molecular complexity index is 737. The third-order valence-electron chi connectivity index (χ3n) is 6.19. The largest absolute Gasteiger partial charge is 0.487 e. The third-order valence-corrected chi connectivity index (χ3v) is 6.19. The molecule has 0 N–H and O–H groups in total. The molecule has 3 amide bonds. The van der Waals surface area contributed by atoms with Crippen molar-refractivity contribution in [2.75, 3.05) is 37.6 Å². The summed E-state index contributed by atoms with van der Waals surface area (Å²) in [7, 11) is 0. The lowest BCUT2D eigenvalue weighted by molar-refractivity contribution is -0.137. The number of aryl methyl sites for hydroxylation is 1. The molecule has 1 aromatic carbocycles. The van der Waals surface area contributed by atoms with Crippen LogP contribution in [0.2, 0.25) is 0 Å². The fourth-order valence-corrected chi connectivity index (χ4v) is 4.59. The second-order valence-electron chi connectivity index (χ2n) is 8.44. The molecule has 0 bridgehead atoms. The number of benzene rings is 1. The van der Waals surface area contributed by atoms with Gasteiger partial charge in [0.25, 0.3) is 0 Å². The zero-order chi connectivity index (χ0) is 19.7. The third kappa shape index (κ3) is 3.82. The first-order chi connectivity index (χ1) is 13.5.